The van der Waals surface area contributed by atoms with Gasteiger partial charge in [-0.3, -0.25) is 0 Å². The molecule has 1 aliphatic carbocycles. The molecule has 1 aromatic rings. The lowest BCUT2D eigenvalue weighted by Crippen LogP contribution is -2.29. The Labute approximate surface area is 118 Å². The van der Waals surface area contributed by atoms with E-state index in [0.29, 0.717) is 6.04 Å². The van der Waals surface area contributed by atoms with E-state index in [1.54, 1.807) is 13.0 Å². The number of benzene rings is 1. The van der Waals surface area contributed by atoms with Crippen LogP contribution in [0.15, 0.2) is 18.2 Å². The van der Waals surface area contributed by atoms with E-state index in [-0.39, 0.29) is 5.41 Å². The van der Waals surface area contributed by atoms with Gasteiger partial charge in [0, 0.05) is 6.04 Å². The van der Waals surface area contributed by atoms with Gasteiger partial charge < -0.3 is 5.32 Å². The first kappa shape index (κ1) is 15.4. The van der Waals surface area contributed by atoms with Crippen molar-refractivity contribution >= 4 is 0 Å². The highest BCUT2D eigenvalue weighted by molar-refractivity contribution is 5.38. The molecule has 1 aliphatic rings. The Morgan fingerprint density at radius 3 is 2.60 bits per heavy atom. The van der Waals surface area contributed by atoms with Gasteiger partial charge in [0.15, 0.2) is 0 Å². The van der Waals surface area contributed by atoms with E-state index in [0.717, 1.165) is 36.9 Å². The van der Waals surface area contributed by atoms with Crippen molar-refractivity contribution in [2.75, 3.05) is 6.54 Å². The molecule has 0 heterocycles. The third kappa shape index (κ3) is 3.00. The Balaban J connectivity index is 2.25. The maximum absolute atomic E-state index is 12.7. The molecule has 1 fully saturated rings. The SMILES string of the molecule is CCNC1CCC(C)(c2ccc(C(F)(F)F)cc2C)C1. The fourth-order valence-corrected chi connectivity index (χ4v) is 3.47. The minimum absolute atomic E-state index is 0.0128. The van der Waals surface area contributed by atoms with Crippen molar-refractivity contribution in [3.05, 3.63) is 34.9 Å². The van der Waals surface area contributed by atoms with Gasteiger partial charge in [0.1, 0.15) is 0 Å². The fraction of sp³-hybridized carbons (Fsp3) is 0.625. The maximum atomic E-state index is 12.7. The van der Waals surface area contributed by atoms with Gasteiger partial charge in [-0.25, -0.2) is 0 Å². The minimum atomic E-state index is -4.26. The van der Waals surface area contributed by atoms with Crippen molar-refractivity contribution in [1.29, 1.82) is 0 Å². The molecule has 0 radical (unpaired) electrons. The standard InChI is InChI=1S/C16H22F3N/c1-4-20-13-7-8-15(3,10-13)14-6-5-12(9-11(14)2)16(17,18)19/h5-6,9,13,20H,4,7-8,10H2,1-3H3. The molecule has 0 amide bonds. The lowest BCUT2D eigenvalue weighted by atomic mass is 9.78. The first-order valence-electron chi connectivity index (χ1n) is 7.18. The first-order chi connectivity index (χ1) is 9.26. The fourth-order valence-electron chi connectivity index (χ4n) is 3.47. The average Bonchev–Trinajstić information content (AvgIpc) is 2.71. The summed E-state index contributed by atoms with van der Waals surface area (Å²) in [7, 11) is 0. The number of aryl methyl sites for hydroxylation is 1. The van der Waals surface area contributed by atoms with E-state index in [1.165, 1.54) is 12.1 Å². The predicted molar refractivity (Wildman–Crippen MR) is 74.8 cm³/mol. The molecule has 1 nitrogen and oxygen atoms in total. The molecular weight excluding hydrogens is 263 g/mol. The van der Waals surface area contributed by atoms with Crippen LogP contribution in [0.4, 0.5) is 13.2 Å². The molecule has 20 heavy (non-hydrogen) atoms. The molecule has 0 bridgehead atoms. The zero-order valence-electron chi connectivity index (χ0n) is 12.3. The van der Waals surface area contributed by atoms with E-state index in [4.69, 9.17) is 0 Å². The van der Waals surface area contributed by atoms with Crippen LogP contribution in [0.25, 0.3) is 0 Å². The summed E-state index contributed by atoms with van der Waals surface area (Å²) in [6.45, 7) is 6.97. The molecule has 2 atom stereocenters. The Morgan fingerprint density at radius 2 is 2.05 bits per heavy atom. The summed E-state index contributed by atoms with van der Waals surface area (Å²) in [4.78, 5) is 0. The summed E-state index contributed by atoms with van der Waals surface area (Å²) >= 11 is 0. The molecule has 0 saturated heterocycles. The molecule has 1 N–H and O–H groups in total. The summed E-state index contributed by atoms with van der Waals surface area (Å²) in [5.41, 5.74) is 1.25. The van der Waals surface area contributed by atoms with Crippen LogP contribution in [0.1, 0.15) is 49.8 Å². The number of nitrogens with one attached hydrogen (secondary N) is 1. The third-order valence-corrected chi connectivity index (χ3v) is 4.44. The van der Waals surface area contributed by atoms with Crippen LogP contribution in [-0.2, 0) is 11.6 Å². The lowest BCUT2D eigenvalue weighted by Gasteiger charge is -2.27. The number of halogens is 3. The highest BCUT2D eigenvalue weighted by Crippen LogP contribution is 2.43. The lowest BCUT2D eigenvalue weighted by molar-refractivity contribution is -0.137. The van der Waals surface area contributed by atoms with Crippen LogP contribution in [-0.4, -0.2) is 12.6 Å². The van der Waals surface area contributed by atoms with Gasteiger partial charge in [-0.05, 0) is 61.4 Å². The highest BCUT2D eigenvalue weighted by Gasteiger charge is 2.38. The van der Waals surface area contributed by atoms with Gasteiger partial charge >= 0.3 is 6.18 Å². The second-order valence-electron chi connectivity index (χ2n) is 6.09. The molecule has 0 spiro atoms. The van der Waals surface area contributed by atoms with Gasteiger partial charge in [-0.15, -0.1) is 0 Å². The number of hydrogen-bond donors (Lipinski definition) is 1. The quantitative estimate of drug-likeness (QED) is 0.866. The Morgan fingerprint density at radius 1 is 1.35 bits per heavy atom. The molecule has 4 heteroatoms. The average molecular weight is 285 g/mol. The van der Waals surface area contributed by atoms with Gasteiger partial charge in [-0.1, -0.05) is 19.9 Å². The Bertz CT molecular complexity index is 481. The largest absolute Gasteiger partial charge is 0.416 e. The van der Waals surface area contributed by atoms with Crippen molar-refractivity contribution in [2.24, 2.45) is 0 Å². The van der Waals surface area contributed by atoms with E-state index >= 15 is 0 Å². The van der Waals surface area contributed by atoms with E-state index < -0.39 is 11.7 Å². The van der Waals surface area contributed by atoms with E-state index in [1.807, 2.05) is 0 Å². The molecule has 2 unspecified atom stereocenters. The van der Waals surface area contributed by atoms with Crippen LogP contribution in [0.5, 0.6) is 0 Å². The summed E-state index contributed by atoms with van der Waals surface area (Å²) < 4.78 is 38.2. The number of rotatable bonds is 3. The normalized spacial score (nSPS) is 27.0. The molecule has 2 rings (SSSR count). The zero-order valence-corrected chi connectivity index (χ0v) is 12.3. The molecule has 0 aromatic heterocycles. The Hall–Kier alpha value is -1.03. The van der Waals surface area contributed by atoms with Crippen LogP contribution >= 0.6 is 0 Å². The predicted octanol–water partition coefficient (Wildman–Crippen LogP) is 4.43. The van der Waals surface area contributed by atoms with Crippen molar-refractivity contribution in [1.82, 2.24) is 5.32 Å². The van der Waals surface area contributed by atoms with Crippen molar-refractivity contribution in [3.8, 4) is 0 Å². The van der Waals surface area contributed by atoms with E-state index in [9.17, 15) is 13.2 Å². The van der Waals surface area contributed by atoms with Crippen molar-refractivity contribution < 1.29 is 13.2 Å². The third-order valence-electron chi connectivity index (χ3n) is 4.44. The minimum Gasteiger partial charge on any atom is -0.314 e. The maximum Gasteiger partial charge on any atom is 0.416 e. The van der Waals surface area contributed by atoms with E-state index in [2.05, 4.69) is 19.2 Å². The highest BCUT2D eigenvalue weighted by atomic mass is 19.4. The summed E-state index contributed by atoms with van der Waals surface area (Å²) in [5.74, 6) is 0. The first-order valence-corrected chi connectivity index (χ1v) is 7.18. The van der Waals surface area contributed by atoms with Crippen LogP contribution in [0.3, 0.4) is 0 Å². The smallest absolute Gasteiger partial charge is 0.314 e. The summed E-state index contributed by atoms with van der Waals surface area (Å²) in [5, 5.41) is 3.44. The van der Waals surface area contributed by atoms with Crippen LogP contribution in [0, 0.1) is 6.92 Å². The molecule has 0 aliphatic heterocycles. The van der Waals surface area contributed by atoms with Crippen molar-refractivity contribution in [3.63, 3.8) is 0 Å². The zero-order chi connectivity index (χ0) is 15.0. The summed E-state index contributed by atoms with van der Waals surface area (Å²) in [6, 6.07) is 4.65. The van der Waals surface area contributed by atoms with Crippen molar-refractivity contribution in [2.45, 2.75) is 57.7 Å². The second kappa shape index (κ2) is 5.40. The molecule has 1 saturated carbocycles. The van der Waals surface area contributed by atoms with Crippen LogP contribution in [0.2, 0.25) is 0 Å². The molecule has 112 valence electrons. The van der Waals surface area contributed by atoms with Gasteiger partial charge in [0.25, 0.3) is 0 Å². The molecular formula is C16H22F3N. The van der Waals surface area contributed by atoms with Gasteiger partial charge in [-0.2, -0.15) is 13.2 Å². The Kier molecular flexibility index (Phi) is 4.14. The van der Waals surface area contributed by atoms with Crippen LogP contribution < -0.4 is 5.32 Å². The molecule has 1 aromatic carbocycles. The van der Waals surface area contributed by atoms with Gasteiger partial charge in [0.05, 0.1) is 5.56 Å². The second-order valence-corrected chi connectivity index (χ2v) is 6.09. The monoisotopic (exact) mass is 285 g/mol. The van der Waals surface area contributed by atoms with Gasteiger partial charge in [0.2, 0.25) is 0 Å². The topological polar surface area (TPSA) is 12.0 Å². The summed E-state index contributed by atoms with van der Waals surface area (Å²) in [6.07, 6.45) is -1.15. The number of hydrogen-bond acceptors (Lipinski definition) is 1. The number of alkyl halides is 3.